The van der Waals surface area contributed by atoms with E-state index in [0.717, 1.165) is 10.8 Å². The quantitative estimate of drug-likeness (QED) is 0.393. The molecule has 0 amide bonds. The molecule has 2 atom stereocenters. The summed E-state index contributed by atoms with van der Waals surface area (Å²) in [6, 6.07) is 13.6. The Bertz CT molecular complexity index is 993. The number of benzene rings is 2. The third-order valence-corrected chi connectivity index (χ3v) is 14.1. The first-order valence-electron chi connectivity index (χ1n) is 7.77. The minimum Gasteiger partial charge on any atom is -0.422 e. The van der Waals surface area contributed by atoms with E-state index >= 15 is 0 Å². The minimum absolute atomic E-state index is 0.297. The molecule has 142 valence electrons. The van der Waals surface area contributed by atoms with Gasteiger partial charge in [-0.15, -0.1) is 4.52 Å². The van der Waals surface area contributed by atoms with Gasteiger partial charge in [0.25, 0.3) is 5.91 Å². The van der Waals surface area contributed by atoms with Crippen molar-refractivity contribution in [2.75, 3.05) is 13.2 Å². The maximum Gasteiger partial charge on any atom is 0.400 e. The van der Waals surface area contributed by atoms with Crippen LogP contribution in [0.1, 0.15) is 13.8 Å². The Hall–Kier alpha value is -0.0200. The summed E-state index contributed by atoms with van der Waals surface area (Å²) in [6.45, 7) is 1.09. The zero-order valence-electron chi connectivity index (χ0n) is 14.0. The van der Waals surface area contributed by atoms with E-state index in [4.69, 9.17) is 47.3 Å². The van der Waals surface area contributed by atoms with E-state index in [9.17, 15) is 0 Å². The van der Waals surface area contributed by atoms with Gasteiger partial charge in [0.1, 0.15) is 5.75 Å². The number of nitrogens with zero attached hydrogens (tertiary/aromatic N) is 3. The Morgan fingerprint density at radius 3 is 2.23 bits per heavy atom. The molecule has 0 aromatic heterocycles. The second-order valence-corrected chi connectivity index (χ2v) is 15.5. The molecule has 1 aliphatic rings. The largest absolute Gasteiger partial charge is 0.422 e. The SMILES string of the molecule is CCO[P@@]1(Cl)=NP(Cl)(Cl)=N[P@](OCC)(Oc2ccc3ccccc3c2)=N1. The number of halogens is 3. The molecule has 0 unspecified atom stereocenters. The molecular weight excluding hydrogens is 457 g/mol. The van der Waals surface area contributed by atoms with E-state index in [-0.39, 0.29) is 0 Å². The molecule has 0 fully saturated rings. The van der Waals surface area contributed by atoms with E-state index in [2.05, 4.69) is 13.5 Å². The van der Waals surface area contributed by atoms with Crippen LogP contribution in [0.25, 0.3) is 10.8 Å². The Morgan fingerprint density at radius 2 is 1.54 bits per heavy atom. The summed E-state index contributed by atoms with van der Waals surface area (Å²) >= 11 is 19.0. The average Bonchev–Trinajstić information content (AvgIpc) is 2.52. The molecule has 3 rings (SSSR count). The average molecular weight is 475 g/mol. The van der Waals surface area contributed by atoms with Gasteiger partial charge in [-0.1, -0.05) is 30.3 Å². The molecule has 0 N–H and O–H groups in total. The van der Waals surface area contributed by atoms with Crippen molar-refractivity contribution in [1.82, 2.24) is 0 Å². The Labute approximate surface area is 167 Å². The van der Waals surface area contributed by atoms with Crippen LogP contribution in [0.15, 0.2) is 56.0 Å². The molecule has 1 heterocycles. The van der Waals surface area contributed by atoms with Crippen molar-refractivity contribution in [2.45, 2.75) is 13.8 Å². The topological polar surface area (TPSA) is 64.8 Å². The summed E-state index contributed by atoms with van der Waals surface area (Å²) in [4.78, 5) is 0. The lowest BCUT2D eigenvalue weighted by atomic mass is 10.1. The van der Waals surface area contributed by atoms with Gasteiger partial charge < -0.3 is 9.05 Å². The lowest BCUT2D eigenvalue weighted by Crippen LogP contribution is -1.98. The summed E-state index contributed by atoms with van der Waals surface area (Å²) in [5, 5.41) is 2.09. The molecule has 12 heteroatoms. The minimum atomic E-state index is -3.23. The van der Waals surface area contributed by atoms with Crippen molar-refractivity contribution >= 4 is 64.8 Å². The van der Waals surface area contributed by atoms with Crippen LogP contribution in [0.4, 0.5) is 0 Å². The zero-order chi connectivity index (χ0) is 18.8. The molecule has 6 nitrogen and oxygen atoms in total. The van der Waals surface area contributed by atoms with Crippen LogP contribution < -0.4 is 4.52 Å². The van der Waals surface area contributed by atoms with Gasteiger partial charge >= 0.3 is 14.4 Å². The van der Waals surface area contributed by atoms with Gasteiger partial charge in [0.15, 0.2) is 0 Å². The third kappa shape index (κ3) is 4.87. The van der Waals surface area contributed by atoms with Crippen molar-refractivity contribution in [2.24, 2.45) is 13.5 Å². The fourth-order valence-electron chi connectivity index (χ4n) is 2.32. The first-order valence-corrected chi connectivity index (χ1v) is 15.3. The van der Waals surface area contributed by atoms with Crippen LogP contribution in [0.2, 0.25) is 0 Å². The van der Waals surface area contributed by atoms with Crippen LogP contribution in [0.3, 0.4) is 0 Å². The fourth-order valence-corrected chi connectivity index (χ4v) is 15.0. The van der Waals surface area contributed by atoms with Crippen molar-refractivity contribution < 1.29 is 13.6 Å². The monoisotopic (exact) mass is 473 g/mol. The van der Waals surface area contributed by atoms with Gasteiger partial charge in [0, 0.05) is 0 Å². The number of hydrogen-bond acceptors (Lipinski definition) is 6. The van der Waals surface area contributed by atoms with Crippen LogP contribution in [0.5, 0.6) is 5.75 Å². The highest BCUT2D eigenvalue weighted by Crippen LogP contribution is 2.84. The zero-order valence-corrected chi connectivity index (χ0v) is 18.9. The van der Waals surface area contributed by atoms with Gasteiger partial charge in [-0.2, -0.15) is 9.03 Å². The normalized spacial score (nSPS) is 27.3. The molecule has 1 aliphatic heterocycles. The van der Waals surface area contributed by atoms with Crippen LogP contribution in [-0.4, -0.2) is 13.2 Å². The molecule has 0 aliphatic carbocycles. The second kappa shape index (κ2) is 8.15. The summed E-state index contributed by atoms with van der Waals surface area (Å²) in [5.74, 6) is -2.60. The molecular formula is C14H17Cl3N3O3P3. The summed E-state index contributed by atoms with van der Waals surface area (Å²) in [7, 11) is -3.23. The van der Waals surface area contributed by atoms with Gasteiger partial charge in [-0.25, -0.2) is 0 Å². The Balaban J connectivity index is 2.11. The maximum atomic E-state index is 6.46. The van der Waals surface area contributed by atoms with Gasteiger partial charge in [-0.3, -0.25) is 4.52 Å². The highest BCUT2D eigenvalue weighted by molar-refractivity contribution is 8.14. The lowest BCUT2D eigenvalue weighted by Gasteiger charge is -2.27. The van der Waals surface area contributed by atoms with Crippen molar-refractivity contribution in [3.63, 3.8) is 0 Å². The number of fused-ring (bicyclic) bond motifs is 1. The molecule has 0 spiro atoms. The van der Waals surface area contributed by atoms with E-state index < -0.39 is 20.4 Å². The summed E-state index contributed by atoms with van der Waals surface area (Å²) in [5.41, 5.74) is 0. The highest BCUT2D eigenvalue weighted by Gasteiger charge is 2.38. The Morgan fingerprint density at radius 1 is 0.846 bits per heavy atom. The molecule has 26 heavy (non-hydrogen) atoms. The standard InChI is InChI=1S/C14H17Cl3N3O3P3/c1-3-21-25(17)18-24(15,16)19-26(20-25,22-4-2)23-14-10-9-12-7-5-6-8-13(12)11-14/h5-11H,3-4H2,1-2H3/t25-,26-/m0/s1. The number of hydrogen-bond donors (Lipinski definition) is 0. The summed E-state index contributed by atoms with van der Waals surface area (Å²) in [6.07, 6.45) is 0. The number of rotatable bonds is 6. The first kappa shape index (κ1) is 20.7. The smallest absolute Gasteiger partial charge is 0.400 e. The predicted molar refractivity (Wildman–Crippen MR) is 113 cm³/mol. The first-order chi connectivity index (χ1) is 12.3. The van der Waals surface area contributed by atoms with Gasteiger partial charge in [0.2, 0.25) is 0 Å². The second-order valence-electron chi connectivity index (χ2n) is 5.12. The molecule has 2 aromatic carbocycles. The van der Waals surface area contributed by atoms with E-state index in [1.165, 1.54) is 0 Å². The van der Waals surface area contributed by atoms with E-state index in [1.807, 2.05) is 42.5 Å². The highest BCUT2D eigenvalue weighted by atomic mass is 35.9. The van der Waals surface area contributed by atoms with Gasteiger partial charge in [0.05, 0.1) is 13.2 Å². The molecule has 0 radical (unpaired) electrons. The maximum absolute atomic E-state index is 6.46. The third-order valence-electron chi connectivity index (χ3n) is 3.20. The van der Waals surface area contributed by atoms with Crippen molar-refractivity contribution in [3.05, 3.63) is 42.5 Å². The van der Waals surface area contributed by atoms with Crippen LogP contribution >= 0.6 is 54.1 Å². The molecule has 0 bridgehead atoms. The summed E-state index contributed by atoms with van der Waals surface area (Å²) < 4.78 is 30.3. The van der Waals surface area contributed by atoms with Crippen LogP contribution in [0, 0.1) is 0 Å². The predicted octanol–water partition coefficient (Wildman–Crippen LogP) is 8.86. The van der Waals surface area contributed by atoms with Crippen molar-refractivity contribution in [3.8, 4) is 5.75 Å². The molecule has 0 saturated carbocycles. The molecule has 2 aromatic rings. The van der Waals surface area contributed by atoms with E-state index in [1.54, 1.807) is 13.8 Å². The fraction of sp³-hybridized carbons (Fsp3) is 0.286. The Kier molecular flexibility index (Phi) is 6.49. The van der Waals surface area contributed by atoms with E-state index in [0.29, 0.717) is 19.0 Å². The lowest BCUT2D eigenvalue weighted by molar-refractivity contribution is 0.324. The van der Waals surface area contributed by atoms with Gasteiger partial charge in [-0.05, 0) is 70.5 Å². The van der Waals surface area contributed by atoms with Crippen LogP contribution in [-0.2, 0) is 9.05 Å². The van der Waals surface area contributed by atoms with Crippen molar-refractivity contribution in [1.29, 1.82) is 0 Å². The molecule has 0 saturated heterocycles.